The Morgan fingerprint density at radius 3 is 2.78 bits per heavy atom. The molecule has 0 radical (unpaired) electrons. The normalized spacial score (nSPS) is 26.1. The van der Waals surface area contributed by atoms with Gasteiger partial charge in [-0.15, -0.1) is 0 Å². The fraction of sp³-hybridized carbons (Fsp3) is 0.600. The van der Waals surface area contributed by atoms with Crippen LogP contribution in [0, 0.1) is 5.92 Å². The Hall–Kier alpha value is -1.06. The topological polar surface area (TPSA) is 32.7 Å². The first kappa shape index (κ1) is 13.4. The third-order valence-electron chi connectivity index (χ3n) is 3.92. The van der Waals surface area contributed by atoms with Gasteiger partial charge >= 0.3 is 0 Å². The minimum atomic E-state index is -0.429. The van der Waals surface area contributed by atoms with Gasteiger partial charge in [0.05, 0.1) is 12.2 Å². The quantitative estimate of drug-likeness (QED) is 0.893. The molecule has 0 spiro atoms. The van der Waals surface area contributed by atoms with Crippen molar-refractivity contribution in [2.75, 3.05) is 25.1 Å². The first-order chi connectivity index (χ1) is 8.63. The number of hydrogen-bond donors (Lipinski definition) is 1. The fourth-order valence-corrected chi connectivity index (χ4v) is 2.69. The van der Waals surface area contributed by atoms with Crippen molar-refractivity contribution in [3.8, 4) is 0 Å². The maximum Gasteiger partial charge on any atom is 0.0781 e. The van der Waals surface area contributed by atoms with Gasteiger partial charge in [-0.2, -0.15) is 0 Å². The smallest absolute Gasteiger partial charge is 0.0781 e. The van der Waals surface area contributed by atoms with Crippen LogP contribution in [0.4, 0.5) is 5.69 Å². The number of methoxy groups -OCH3 is 1. The van der Waals surface area contributed by atoms with Crippen LogP contribution in [0.25, 0.3) is 0 Å². The van der Waals surface area contributed by atoms with Crippen LogP contribution in [0.1, 0.15) is 31.9 Å². The summed E-state index contributed by atoms with van der Waals surface area (Å²) in [6.45, 7) is 6.00. The van der Waals surface area contributed by atoms with E-state index in [4.69, 9.17) is 4.74 Å². The Labute approximate surface area is 109 Å². The van der Waals surface area contributed by atoms with Gasteiger partial charge in [-0.05, 0) is 25.3 Å². The van der Waals surface area contributed by atoms with E-state index in [2.05, 4.69) is 17.9 Å². The molecule has 0 aliphatic carbocycles. The van der Waals surface area contributed by atoms with Crippen LogP contribution in [0.5, 0.6) is 0 Å². The van der Waals surface area contributed by atoms with E-state index in [-0.39, 0.29) is 6.10 Å². The summed E-state index contributed by atoms with van der Waals surface area (Å²) in [5, 5.41) is 9.85. The van der Waals surface area contributed by atoms with Crippen molar-refractivity contribution in [3.05, 3.63) is 29.8 Å². The van der Waals surface area contributed by atoms with Gasteiger partial charge in [-0.3, -0.25) is 0 Å². The molecule has 1 saturated heterocycles. The second kappa shape index (κ2) is 5.72. The minimum Gasteiger partial charge on any atom is -0.389 e. The van der Waals surface area contributed by atoms with E-state index in [1.54, 1.807) is 7.11 Å². The highest BCUT2D eigenvalue weighted by Gasteiger charge is 2.27. The molecule has 0 aromatic heterocycles. The van der Waals surface area contributed by atoms with Crippen molar-refractivity contribution in [1.82, 2.24) is 0 Å². The lowest BCUT2D eigenvalue weighted by molar-refractivity contribution is 0.0497. The average molecular weight is 249 g/mol. The Morgan fingerprint density at radius 2 is 2.11 bits per heavy atom. The lowest BCUT2D eigenvalue weighted by Gasteiger charge is -2.38. The largest absolute Gasteiger partial charge is 0.389 e. The highest BCUT2D eigenvalue weighted by atomic mass is 16.5. The third-order valence-corrected chi connectivity index (χ3v) is 3.92. The molecule has 2 rings (SSSR count). The number of hydrogen-bond acceptors (Lipinski definition) is 3. The van der Waals surface area contributed by atoms with E-state index in [1.807, 2.05) is 25.1 Å². The number of nitrogens with zero attached hydrogens (tertiary/aromatic N) is 1. The molecule has 1 heterocycles. The fourth-order valence-electron chi connectivity index (χ4n) is 2.69. The molecule has 0 amide bonds. The molecule has 1 aliphatic heterocycles. The summed E-state index contributed by atoms with van der Waals surface area (Å²) in [6.07, 6.45) is 0.981. The second-order valence-corrected chi connectivity index (χ2v) is 5.22. The van der Waals surface area contributed by atoms with Crippen LogP contribution < -0.4 is 4.90 Å². The average Bonchev–Trinajstić information content (AvgIpc) is 2.39. The first-order valence-corrected chi connectivity index (χ1v) is 6.68. The van der Waals surface area contributed by atoms with Crippen molar-refractivity contribution in [1.29, 1.82) is 0 Å². The van der Waals surface area contributed by atoms with Gasteiger partial charge < -0.3 is 14.7 Å². The Morgan fingerprint density at radius 1 is 1.39 bits per heavy atom. The molecule has 1 aliphatic rings. The number of rotatable bonds is 3. The van der Waals surface area contributed by atoms with Crippen molar-refractivity contribution in [3.63, 3.8) is 0 Å². The zero-order valence-electron chi connectivity index (χ0n) is 11.5. The number of piperidine rings is 1. The first-order valence-electron chi connectivity index (χ1n) is 6.68. The maximum atomic E-state index is 9.85. The zero-order chi connectivity index (χ0) is 13.1. The number of benzene rings is 1. The summed E-state index contributed by atoms with van der Waals surface area (Å²) in [6, 6.07) is 8.09. The van der Waals surface area contributed by atoms with E-state index < -0.39 is 6.10 Å². The van der Waals surface area contributed by atoms with Crippen LogP contribution in [0.2, 0.25) is 0 Å². The summed E-state index contributed by atoms with van der Waals surface area (Å²) in [5.74, 6) is 0.602. The molecule has 1 aromatic rings. The second-order valence-electron chi connectivity index (χ2n) is 5.22. The van der Waals surface area contributed by atoms with Gasteiger partial charge in [0.2, 0.25) is 0 Å². The van der Waals surface area contributed by atoms with E-state index in [0.29, 0.717) is 5.92 Å². The number of anilines is 1. The van der Waals surface area contributed by atoms with Gasteiger partial charge in [-0.25, -0.2) is 0 Å². The molecule has 1 N–H and O–H groups in total. The predicted octanol–water partition coefficient (Wildman–Crippen LogP) is 2.60. The standard InChI is InChI=1S/C15H23NO2/c1-11-8-9-16(10-15(11)18-3)14-7-5-4-6-13(14)12(2)17/h4-7,11-12,15,17H,8-10H2,1-3H3. The summed E-state index contributed by atoms with van der Waals surface area (Å²) >= 11 is 0. The van der Waals surface area contributed by atoms with Gasteiger partial charge in [0.15, 0.2) is 0 Å². The van der Waals surface area contributed by atoms with E-state index >= 15 is 0 Å². The molecule has 1 aromatic carbocycles. The van der Waals surface area contributed by atoms with Crippen molar-refractivity contribution < 1.29 is 9.84 Å². The van der Waals surface area contributed by atoms with Crippen molar-refractivity contribution in [2.45, 2.75) is 32.5 Å². The summed E-state index contributed by atoms with van der Waals surface area (Å²) in [5.41, 5.74) is 2.14. The molecular weight excluding hydrogens is 226 g/mol. The summed E-state index contributed by atoms with van der Waals surface area (Å²) < 4.78 is 5.55. The molecule has 3 nitrogen and oxygen atoms in total. The Kier molecular flexibility index (Phi) is 4.25. The van der Waals surface area contributed by atoms with Crippen LogP contribution in [-0.2, 0) is 4.74 Å². The van der Waals surface area contributed by atoms with E-state index in [1.165, 1.54) is 0 Å². The number of aliphatic hydroxyl groups is 1. The number of para-hydroxylation sites is 1. The minimum absolute atomic E-state index is 0.279. The van der Waals surface area contributed by atoms with Gasteiger partial charge in [0.25, 0.3) is 0 Å². The lowest BCUT2D eigenvalue weighted by Crippen LogP contribution is -2.44. The summed E-state index contributed by atoms with van der Waals surface area (Å²) in [4.78, 5) is 2.33. The van der Waals surface area contributed by atoms with Crippen LogP contribution in [-0.4, -0.2) is 31.4 Å². The molecule has 3 unspecified atom stereocenters. The van der Waals surface area contributed by atoms with E-state index in [9.17, 15) is 5.11 Å². The SMILES string of the molecule is COC1CN(c2ccccc2C(C)O)CCC1C. The van der Waals surface area contributed by atoms with Crippen molar-refractivity contribution in [2.24, 2.45) is 5.92 Å². The zero-order valence-corrected chi connectivity index (χ0v) is 11.5. The van der Waals surface area contributed by atoms with Crippen LogP contribution in [0.3, 0.4) is 0 Å². The molecular formula is C15H23NO2. The summed E-state index contributed by atoms with van der Waals surface area (Å²) in [7, 11) is 1.78. The van der Waals surface area contributed by atoms with Crippen molar-refractivity contribution >= 4 is 5.69 Å². The van der Waals surface area contributed by atoms with E-state index in [0.717, 1.165) is 30.8 Å². The molecule has 18 heavy (non-hydrogen) atoms. The third kappa shape index (κ3) is 2.68. The molecule has 0 bridgehead atoms. The highest BCUT2D eigenvalue weighted by Crippen LogP contribution is 2.30. The number of ether oxygens (including phenoxy) is 1. The number of aliphatic hydroxyl groups excluding tert-OH is 1. The monoisotopic (exact) mass is 249 g/mol. The molecule has 3 atom stereocenters. The van der Waals surface area contributed by atoms with Gasteiger partial charge in [0.1, 0.15) is 0 Å². The van der Waals surface area contributed by atoms with Crippen LogP contribution >= 0.6 is 0 Å². The molecule has 100 valence electrons. The lowest BCUT2D eigenvalue weighted by atomic mass is 9.94. The maximum absolute atomic E-state index is 9.85. The molecule has 1 fully saturated rings. The van der Waals surface area contributed by atoms with Crippen LogP contribution in [0.15, 0.2) is 24.3 Å². The van der Waals surface area contributed by atoms with Gasteiger partial charge in [0, 0.05) is 31.5 Å². The Balaban J connectivity index is 2.21. The highest BCUT2D eigenvalue weighted by molar-refractivity contribution is 5.55. The van der Waals surface area contributed by atoms with Gasteiger partial charge in [-0.1, -0.05) is 25.1 Å². The predicted molar refractivity (Wildman–Crippen MR) is 73.9 cm³/mol. The molecule has 3 heteroatoms. The molecule has 0 saturated carbocycles. The Bertz CT molecular complexity index is 392.